The van der Waals surface area contributed by atoms with Gasteiger partial charge in [0.15, 0.2) is 5.82 Å². The number of aryl methyl sites for hydroxylation is 1. The highest BCUT2D eigenvalue weighted by Crippen LogP contribution is 2.01. The van der Waals surface area contributed by atoms with E-state index in [0.29, 0.717) is 6.54 Å². The molecule has 0 atom stereocenters. The van der Waals surface area contributed by atoms with E-state index >= 15 is 0 Å². The molecule has 0 amide bonds. The number of unbranched alkanes of at least 4 members (excludes halogenated alkanes) is 1. The topological polar surface area (TPSA) is 69.6 Å². The highest BCUT2D eigenvalue weighted by molar-refractivity contribution is 7.98. The fourth-order valence-electron chi connectivity index (χ4n) is 1.05. The van der Waals surface area contributed by atoms with Gasteiger partial charge < -0.3 is 5.73 Å². The van der Waals surface area contributed by atoms with E-state index in [0.717, 1.165) is 18.8 Å². The minimum absolute atomic E-state index is 0.412. The van der Waals surface area contributed by atoms with E-state index in [9.17, 15) is 0 Å². The van der Waals surface area contributed by atoms with E-state index in [1.165, 1.54) is 12.2 Å². The van der Waals surface area contributed by atoms with Crippen molar-refractivity contribution in [1.29, 1.82) is 0 Å². The predicted molar refractivity (Wildman–Crippen MR) is 53.3 cm³/mol. The van der Waals surface area contributed by atoms with Gasteiger partial charge in [-0.1, -0.05) is 0 Å². The van der Waals surface area contributed by atoms with Gasteiger partial charge in [0, 0.05) is 6.54 Å². The van der Waals surface area contributed by atoms with Crippen LogP contribution in [0.2, 0.25) is 0 Å². The van der Waals surface area contributed by atoms with Crippen molar-refractivity contribution >= 4 is 11.8 Å². The lowest BCUT2D eigenvalue weighted by atomic mass is 10.3. The van der Waals surface area contributed by atoms with Crippen LogP contribution in [-0.4, -0.2) is 32.2 Å². The maximum absolute atomic E-state index is 5.46. The molecule has 0 unspecified atom stereocenters. The highest BCUT2D eigenvalue weighted by Gasteiger charge is 2.01. The average Bonchev–Trinajstić information content (AvgIpc) is 2.60. The third-order valence-electron chi connectivity index (χ3n) is 1.76. The van der Waals surface area contributed by atoms with Crippen molar-refractivity contribution in [3.05, 3.63) is 5.82 Å². The molecule has 5 nitrogen and oxygen atoms in total. The first-order valence-corrected chi connectivity index (χ1v) is 5.72. The van der Waals surface area contributed by atoms with E-state index in [2.05, 4.69) is 21.8 Å². The lowest BCUT2D eigenvalue weighted by Gasteiger charge is -2.01. The zero-order chi connectivity index (χ0) is 9.52. The van der Waals surface area contributed by atoms with Crippen LogP contribution in [-0.2, 0) is 13.1 Å². The Morgan fingerprint density at radius 3 is 3.00 bits per heavy atom. The van der Waals surface area contributed by atoms with Crippen LogP contribution in [0.1, 0.15) is 18.7 Å². The van der Waals surface area contributed by atoms with Crippen LogP contribution in [0.3, 0.4) is 0 Å². The summed E-state index contributed by atoms with van der Waals surface area (Å²) in [6.45, 7) is 1.29. The molecular formula is C7H15N5S. The van der Waals surface area contributed by atoms with Crippen molar-refractivity contribution < 1.29 is 0 Å². The van der Waals surface area contributed by atoms with Crippen molar-refractivity contribution in [2.24, 2.45) is 5.73 Å². The molecule has 0 bridgehead atoms. The summed E-state index contributed by atoms with van der Waals surface area (Å²) in [5, 5.41) is 11.2. The summed E-state index contributed by atoms with van der Waals surface area (Å²) < 4.78 is 1.78. The van der Waals surface area contributed by atoms with E-state index in [-0.39, 0.29) is 0 Å². The number of rotatable bonds is 6. The Hall–Kier alpha value is -0.620. The fraction of sp³-hybridized carbons (Fsp3) is 0.857. The number of nitrogens with zero attached hydrogens (tertiary/aromatic N) is 4. The van der Waals surface area contributed by atoms with Crippen LogP contribution < -0.4 is 5.73 Å². The second-order valence-electron chi connectivity index (χ2n) is 2.72. The summed E-state index contributed by atoms with van der Waals surface area (Å²) in [5.41, 5.74) is 5.46. The molecule has 1 heterocycles. The van der Waals surface area contributed by atoms with Crippen LogP contribution in [0.4, 0.5) is 0 Å². The maximum atomic E-state index is 5.46. The molecule has 0 fully saturated rings. The van der Waals surface area contributed by atoms with Gasteiger partial charge in [-0.3, -0.25) is 0 Å². The molecule has 0 aromatic carbocycles. The van der Waals surface area contributed by atoms with E-state index in [4.69, 9.17) is 5.73 Å². The molecule has 2 N–H and O–H groups in total. The number of nitrogens with two attached hydrogens (primary N) is 1. The molecule has 0 saturated carbocycles. The molecule has 74 valence electrons. The summed E-state index contributed by atoms with van der Waals surface area (Å²) in [5.74, 6) is 1.96. The monoisotopic (exact) mass is 201 g/mol. The third-order valence-corrected chi connectivity index (χ3v) is 2.45. The predicted octanol–water partition coefficient (Wildman–Crippen LogP) is 0.275. The van der Waals surface area contributed by atoms with Crippen LogP contribution >= 0.6 is 11.8 Å². The van der Waals surface area contributed by atoms with Crippen molar-refractivity contribution in [3.8, 4) is 0 Å². The summed E-state index contributed by atoms with van der Waals surface area (Å²) in [6.07, 6.45) is 4.42. The Morgan fingerprint density at radius 1 is 1.46 bits per heavy atom. The first-order chi connectivity index (χ1) is 6.38. The molecule has 13 heavy (non-hydrogen) atoms. The quantitative estimate of drug-likeness (QED) is 0.669. The lowest BCUT2D eigenvalue weighted by molar-refractivity contribution is 0.534. The molecule has 0 spiro atoms. The van der Waals surface area contributed by atoms with Gasteiger partial charge in [0.2, 0.25) is 0 Å². The van der Waals surface area contributed by atoms with Crippen molar-refractivity contribution in [2.45, 2.75) is 25.9 Å². The van der Waals surface area contributed by atoms with Gasteiger partial charge >= 0.3 is 0 Å². The normalized spacial score (nSPS) is 10.6. The number of aromatic nitrogens is 4. The molecular weight excluding hydrogens is 186 g/mol. The SMILES string of the molecule is CSCCCCn1nnnc1CN. The lowest BCUT2D eigenvalue weighted by Crippen LogP contribution is -2.10. The highest BCUT2D eigenvalue weighted by atomic mass is 32.2. The molecule has 0 aliphatic carbocycles. The molecule has 0 aliphatic heterocycles. The minimum atomic E-state index is 0.412. The Morgan fingerprint density at radius 2 is 2.31 bits per heavy atom. The van der Waals surface area contributed by atoms with Gasteiger partial charge in [-0.25, -0.2) is 4.68 Å². The first-order valence-electron chi connectivity index (χ1n) is 4.32. The fourth-order valence-corrected chi connectivity index (χ4v) is 1.54. The smallest absolute Gasteiger partial charge is 0.164 e. The number of tetrazole rings is 1. The second-order valence-corrected chi connectivity index (χ2v) is 3.71. The maximum Gasteiger partial charge on any atom is 0.164 e. The number of hydrogen-bond acceptors (Lipinski definition) is 5. The Kier molecular flexibility index (Phi) is 4.77. The summed E-state index contributed by atoms with van der Waals surface area (Å²) >= 11 is 1.86. The minimum Gasteiger partial charge on any atom is -0.324 e. The van der Waals surface area contributed by atoms with Crippen LogP contribution in [0.5, 0.6) is 0 Å². The zero-order valence-electron chi connectivity index (χ0n) is 7.81. The van der Waals surface area contributed by atoms with Crippen molar-refractivity contribution in [3.63, 3.8) is 0 Å². The molecule has 0 aliphatic rings. The van der Waals surface area contributed by atoms with Crippen molar-refractivity contribution in [1.82, 2.24) is 20.2 Å². The van der Waals surface area contributed by atoms with Crippen LogP contribution in [0, 0.1) is 0 Å². The molecule has 1 aromatic heterocycles. The Labute approximate surface area is 82.1 Å². The van der Waals surface area contributed by atoms with Gasteiger partial charge in [-0.15, -0.1) is 5.10 Å². The number of thioether (sulfide) groups is 1. The summed E-state index contributed by atoms with van der Waals surface area (Å²) in [6, 6.07) is 0. The van der Waals surface area contributed by atoms with Gasteiger partial charge in [-0.2, -0.15) is 11.8 Å². The average molecular weight is 201 g/mol. The van der Waals surface area contributed by atoms with Gasteiger partial charge in [-0.05, 0) is 35.3 Å². The van der Waals surface area contributed by atoms with Gasteiger partial charge in [0.1, 0.15) is 0 Å². The standard InChI is InChI=1S/C7H15N5S/c1-13-5-3-2-4-12-7(6-8)9-10-11-12/h2-6,8H2,1H3. The third kappa shape index (κ3) is 3.31. The van der Waals surface area contributed by atoms with Gasteiger partial charge in [0.25, 0.3) is 0 Å². The molecule has 1 rings (SSSR count). The molecule has 0 radical (unpaired) electrons. The molecule has 6 heteroatoms. The largest absolute Gasteiger partial charge is 0.324 e. The van der Waals surface area contributed by atoms with E-state index in [1.807, 2.05) is 11.8 Å². The number of hydrogen-bond donors (Lipinski definition) is 1. The van der Waals surface area contributed by atoms with E-state index < -0.39 is 0 Å². The molecule has 0 saturated heterocycles. The Balaban J connectivity index is 2.27. The summed E-state index contributed by atoms with van der Waals surface area (Å²) in [4.78, 5) is 0. The van der Waals surface area contributed by atoms with Gasteiger partial charge in [0.05, 0.1) is 6.54 Å². The van der Waals surface area contributed by atoms with E-state index in [1.54, 1.807) is 4.68 Å². The van der Waals surface area contributed by atoms with Crippen LogP contribution in [0.15, 0.2) is 0 Å². The van der Waals surface area contributed by atoms with Crippen LogP contribution in [0.25, 0.3) is 0 Å². The molecule has 1 aromatic rings. The Bertz CT molecular complexity index is 237. The first kappa shape index (κ1) is 10.5. The zero-order valence-corrected chi connectivity index (χ0v) is 8.63. The summed E-state index contributed by atoms with van der Waals surface area (Å²) in [7, 11) is 0. The second kappa shape index (κ2) is 5.93. The van der Waals surface area contributed by atoms with Crippen molar-refractivity contribution in [2.75, 3.05) is 12.0 Å².